The molecular formula is C45H25N5. The van der Waals surface area contributed by atoms with E-state index in [1.165, 1.54) is 0 Å². The quantitative estimate of drug-likeness (QED) is 0.193. The highest BCUT2D eigenvalue weighted by atomic mass is 15.0. The minimum Gasteiger partial charge on any atom is -0.309 e. The number of rotatable bonds is 4. The zero-order valence-corrected chi connectivity index (χ0v) is 26.7. The second kappa shape index (κ2) is 11.4. The Balaban J connectivity index is 1.20. The summed E-state index contributed by atoms with van der Waals surface area (Å²) in [5.41, 5.74) is 11.5. The van der Waals surface area contributed by atoms with Gasteiger partial charge in [-0.3, -0.25) is 0 Å². The van der Waals surface area contributed by atoms with Crippen LogP contribution in [-0.4, -0.2) is 9.13 Å². The molecule has 0 spiro atoms. The summed E-state index contributed by atoms with van der Waals surface area (Å²) >= 11 is 0. The summed E-state index contributed by atoms with van der Waals surface area (Å²) in [6.07, 6.45) is 0. The minimum atomic E-state index is 0.573. The van der Waals surface area contributed by atoms with Gasteiger partial charge >= 0.3 is 0 Å². The van der Waals surface area contributed by atoms with E-state index in [9.17, 15) is 15.8 Å². The summed E-state index contributed by atoms with van der Waals surface area (Å²) in [6.45, 7) is 0. The number of benzene rings is 7. The van der Waals surface area contributed by atoms with Crippen LogP contribution in [0, 0.1) is 34.0 Å². The SMILES string of the molecule is N#Cc1ccc(-c2ccc(C#N)c(-c3ccc(-n4c5ccccc5c5cc(C#N)ccc54)cc3)c2)c(-n2c3ccccc3c3ccccc32)c1. The van der Waals surface area contributed by atoms with Crippen molar-refractivity contribution in [2.45, 2.75) is 0 Å². The van der Waals surface area contributed by atoms with Crippen molar-refractivity contribution in [2.24, 2.45) is 0 Å². The first-order valence-electron chi connectivity index (χ1n) is 16.3. The number of hydrogen-bond acceptors (Lipinski definition) is 3. The fourth-order valence-corrected chi connectivity index (χ4v) is 7.37. The summed E-state index contributed by atoms with van der Waals surface area (Å²) in [5, 5.41) is 34.1. The average molecular weight is 636 g/mol. The van der Waals surface area contributed by atoms with Gasteiger partial charge in [-0.15, -0.1) is 0 Å². The number of nitriles is 3. The summed E-state index contributed by atoms with van der Waals surface area (Å²) < 4.78 is 4.45. The van der Waals surface area contributed by atoms with Crippen molar-refractivity contribution in [1.29, 1.82) is 15.8 Å². The highest BCUT2D eigenvalue weighted by Crippen LogP contribution is 2.39. The molecule has 9 rings (SSSR count). The van der Waals surface area contributed by atoms with Crippen LogP contribution >= 0.6 is 0 Å². The third-order valence-corrected chi connectivity index (χ3v) is 9.64. The van der Waals surface area contributed by atoms with E-state index in [0.717, 1.165) is 77.2 Å². The predicted molar refractivity (Wildman–Crippen MR) is 200 cm³/mol. The van der Waals surface area contributed by atoms with Crippen LogP contribution in [0.15, 0.2) is 152 Å². The highest BCUT2D eigenvalue weighted by Gasteiger charge is 2.18. The van der Waals surface area contributed by atoms with E-state index in [1.54, 1.807) is 0 Å². The molecule has 230 valence electrons. The second-order valence-corrected chi connectivity index (χ2v) is 12.3. The first kappa shape index (κ1) is 28.8. The normalized spacial score (nSPS) is 11.1. The van der Waals surface area contributed by atoms with Gasteiger partial charge in [-0.25, -0.2) is 0 Å². The maximum Gasteiger partial charge on any atom is 0.0998 e. The molecule has 50 heavy (non-hydrogen) atoms. The molecule has 2 aromatic heterocycles. The smallest absolute Gasteiger partial charge is 0.0998 e. The average Bonchev–Trinajstić information content (AvgIpc) is 3.70. The maximum atomic E-state index is 10.2. The zero-order valence-electron chi connectivity index (χ0n) is 26.7. The van der Waals surface area contributed by atoms with Crippen molar-refractivity contribution in [2.75, 3.05) is 0 Å². The van der Waals surface area contributed by atoms with Crippen LogP contribution in [0.25, 0.3) is 77.2 Å². The lowest BCUT2D eigenvalue weighted by atomic mass is 9.93. The van der Waals surface area contributed by atoms with Crippen LogP contribution < -0.4 is 0 Å². The molecule has 0 aliphatic heterocycles. The van der Waals surface area contributed by atoms with Gasteiger partial charge in [-0.2, -0.15) is 15.8 Å². The van der Waals surface area contributed by atoms with Crippen molar-refractivity contribution in [1.82, 2.24) is 9.13 Å². The summed E-state index contributed by atoms with van der Waals surface area (Å²) in [6, 6.07) is 57.8. The standard InChI is InChI=1S/C45H25N5/c46-26-29-14-22-44-40(23-29)38-9-3-4-10-41(38)49(44)34-19-17-31(18-20-34)39-25-32(15-16-33(39)28-48)35-21-13-30(27-47)24-45(35)50-42-11-5-1-7-36(42)37-8-2-6-12-43(37)50/h1-25H. The van der Waals surface area contributed by atoms with E-state index in [0.29, 0.717) is 16.7 Å². The summed E-state index contributed by atoms with van der Waals surface area (Å²) in [5.74, 6) is 0. The van der Waals surface area contributed by atoms with Gasteiger partial charge in [0.05, 0.1) is 62.7 Å². The van der Waals surface area contributed by atoms with Gasteiger partial charge in [0.25, 0.3) is 0 Å². The van der Waals surface area contributed by atoms with Crippen LogP contribution in [0.4, 0.5) is 0 Å². The van der Waals surface area contributed by atoms with Crippen molar-refractivity contribution in [3.63, 3.8) is 0 Å². The van der Waals surface area contributed by atoms with E-state index in [1.807, 2.05) is 72.8 Å². The Hall–Kier alpha value is -7.39. The van der Waals surface area contributed by atoms with Gasteiger partial charge in [0.15, 0.2) is 0 Å². The number of hydrogen-bond donors (Lipinski definition) is 0. The topological polar surface area (TPSA) is 81.2 Å². The first-order valence-corrected chi connectivity index (χ1v) is 16.3. The Bertz CT molecular complexity index is 2900. The molecule has 5 heteroatoms. The third-order valence-electron chi connectivity index (χ3n) is 9.64. The highest BCUT2D eigenvalue weighted by molar-refractivity contribution is 6.10. The Morgan fingerprint density at radius 1 is 0.380 bits per heavy atom. The number of nitrogens with zero attached hydrogens (tertiary/aromatic N) is 5. The van der Waals surface area contributed by atoms with E-state index < -0.39 is 0 Å². The van der Waals surface area contributed by atoms with Crippen molar-refractivity contribution < 1.29 is 0 Å². The molecule has 0 bridgehead atoms. The van der Waals surface area contributed by atoms with Crippen LogP contribution in [-0.2, 0) is 0 Å². The van der Waals surface area contributed by atoms with Crippen molar-refractivity contribution in [3.8, 4) is 51.8 Å². The monoisotopic (exact) mass is 635 g/mol. The second-order valence-electron chi connectivity index (χ2n) is 12.3. The molecule has 0 amide bonds. The van der Waals surface area contributed by atoms with Crippen LogP contribution in [0.5, 0.6) is 0 Å². The Morgan fingerprint density at radius 2 is 0.920 bits per heavy atom. The van der Waals surface area contributed by atoms with Gasteiger partial charge in [0.2, 0.25) is 0 Å². The number of fused-ring (bicyclic) bond motifs is 6. The summed E-state index contributed by atoms with van der Waals surface area (Å²) in [7, 11) is 0. The van der Waals surface area contributed by atoms with Gasteiger partial charge in [0.1, 0.15) is 0 Å². The van der Waals surface area contributed by atoms with Crippen molar-refractivity contribution in [3.05, 3.63) is 168 Å². The van der Waals surface area contributed by atoms with Gasteiger partial charge in [-0.05, 0) is 83.9 Å². The van der Waals surface area contributed by atoms with Crippen LogP contribution in [0.1, 0.15) is 16.7 Å². The van der Waals surface area contributed by atoms with Gasteiger partial charge < -0.3 is 9.13 Å². The predicted octanol–water partition coefficient (Wildman–Crippen LogP) is 10.8. The fraction of sp³-hybridized carbons (Fsp3) is 0. The van der Waals surface area contributed by atoms with Gasteiger partial charge in [-0.1, -0.05) is 78.9 Å². The third kappa shape index (κ3) is 4.38. The zero-order chi connectivity index (χ0) is 33.8. The maximum absolute atomic E-state index is 10.2. The molecule has 0 radical (unpaired) electrons. The lowest BCUT2D eigenvalue weighted by Gasteiger charge is -2.16. The first-order chi connectivity index (χ1) is 24.7. The molecule has 0 N–H and O–H groups in total. The van der Waals surface area contributed by atoms with Crippen molar-refractivity contribution >= 4 is 43.6 Å². The van der Waals surface area contributed by atoms with Crippen LogP contribution in [0.3, 0.4) is 0 Å². The summed E-state index contributed by atoms with van der Waals surface area (Å²) in [4.78, 5) is 0. The minimum absolute atomic E-state index is 0.573. The molecule has 0 atom stereocenters. The molecular weight excluding hydrogens is 611 g/mol. The number of para-hydroxylation sites is 3. The van der Waals surface area contributed by atoms with E-state index >= 15 is 0 Å². The van der Waals surface area contributed by atoms with Crippen LogP contribution in [0.2, 0.25) is 0 Å². The molecule has 9 aromatic rings. The molecule has 0 saturated heterocycles. The molecule has 0 fully saturated rings. The largest absolute Gasteiger partial charge is 0.309 e. The number of aromatic nitrogens is 2. The molecule has 5 nitrogen and oxygen atoms in total. The lowest BCUT2D eigenvalue weighted by Crippen LogP contribution is -1.99. The van der Waals surface area contributed by atoms with E-state index in [-0.39, 0.29) is 0 Å². The van der Waals surface area contributed by atoms with Gasteiger partial charge in [0, 0.05) is 38.4 Å². The molecule has 7 aromatic carbocycles. The fourth-order valence-electron chi connectivity index (χ4n) is 7.37. The molecule has 2 heterocycles. The van der Waals surface area contributed by atoms with E-state index in [4.69, 9.17) is 0 Å². The molecule has 0 saturated carbocycles. The van der Waals surface area contributed by atoms with E-state index in [2.05, 4.69) is 106 Å². The molecule has 0 aliphatic carbocycles. The Kier molecular flexibility index (Phi) is 6.56. The molecule has 0 aliphatic rings. The lowest BCUT2D eigenvalue weighted by molar-refractivity contribution is 1.18. The Morgan fingerprint density at radius 3 is 1.56 bits per heavy atom. The Labute approximate surface area is 287 Å². The molecule has 0 unspecified atom stereocenters.